The zero-order valence-electron chi connectivity index (χ0n) is 17.2. The first-order valence-corrected chi connectivity index (χ1v) is 9.48. The van der Waals surface area contributed by atoms with Crippen molar-refractivity contribution in [3.8, 4) is 11.5 Å². The Hall–Kier alpha value is -3.80. The predicted molar refractivity (Wildman–Crippen MR) is 117 cm³/mol. The van der Waals surface area contributed by atoms with Crippen LogP contribution in [0.4, 0.5) is 11.4 Å². The van der Waals surface area contributed by atoms with Gasteiger partial charge in [0, 0.05) is 24.0 Å². The number of hydrogen-bond donors (Lipinski definition) is 1. The first-order chi connectivity index (χ1) is 14.5. The molecule has 3 aromatic carbocycles. The Morgan fingerprint density at radius 1 is 0.933 bits per heavy atom. The van der Waals surface area contributed by atoms with Crippen molar-refractivity contribution in [2.24, 2.45) is 0 Å². The van der Waals surface area contributed by atoms with Crippen LogP contribution in [0.5, 0.6) is 11.5 Å². The lowest BCUT2D eigenvalue weighted by molar-refractivity contribution is -0.118. The van der Waals surface area contributed by atoms with Crippen molar-refractivity contribution in [2.75, 3.05) is 31.0 Å². The summed E-state index contributed by atoms with van der Waals surface area (Å²) in [6, 6.07) is 21.7. The summed E-state index contributed by atoms with van der Waals surface area (Å²) in [5.74, 6) is 0.558. The third-order valence-corrected chi connectivity index (χ3v) is 4.52. The number of nitrogens with one attached hydrogen (secondary N) is 1. The van der Waals surface area contributed by atoms with Gasteiger partial charge in [-0.3, -0.25) is 9.59 Å². The zero-order chi connectivity index (χ0) is 21.5. The molecule has 30 heavy (non-hydrogen) atoms. The smallest absolute Gasteiger partial charge is 0.262 e. The van der Waals surface area contributed by atoms with E-state index < -0.39 is 0 Å². The number of benzene rings is 3. The molecule has 0 heterocycles. The van der Waals surface area contributed by atoms with E-state index in [4.69, 9.17) is 9.47 Å². The van der Waals surface area contributed by atoms with Crippen LogP contribution in [0.1, 0.15) is 15.9 Å². The van der Waals surface area contributed by atoms with Crippen LogP contribution in [-0.4, -0.2) is 32.6 Å². The Kier molecular flexibility index (Phi) is 6.70. The number of aryl methyl sites for hydroxylation is 1. The number of carbonyl (C=O) groups is 2. The summed E-state index contributed by atoms with van der Waals surface area (Å²) in [4.78, 5) is 26.6. The molecule has 3 rings (SSSR count). The number of ether oxygens (including phenoxy) is 2. The van der Waals surface area contributed by atoms with E-state index in [1.807, 2.05) is 49.4 Å². The molecule has 0 bridgehead atoms. The van der Waals surface area contributed by atoms with E-state index >= 15 is 0 Å². The largest absolute Gasteiger partial charge is 0.493 e. The van der Waals surface area contributed by atoms with Crippen LogP contribution in [-0.2, 0) is 4.79 Å². The molecule has 0 saturated heterocycles. The summed E-state index contributed by atoms with van der Waals surface area (Å²) in [5.41, 5.74) is 2.81. The molecule has 6 heteroatoms. The molecular formula is C24H24N2O4. The second-order valence-electron chi connectivity index (χ2n) is 6.77. The molecule has 0 saturated carbocycles. The van der Waals surface area contributed by atoms with Crippen LogP contribution in [0.15, 0.2) is 72.8 Å². The lowest BCUT2D eigenvalue weighted by Gasteiger charge is -2.18. The second kappa shape index (κ2) is 9.60. The molecular weight excluding hydrogens is 380 g/mol. The Bertz CT molecular complexity index is 1030. The van der Waals surface area contributed by atoms with Gasteiger partial charge in [-0.25, -0.2) is 0 Å². The fourth-order valence-electron chi connectivity index (χ4n) is 2.93. The highest BCUT2D eigenvalue weighted by Gasteiger charge is 2.14. The average molecular weight is 404 g/mol. The van der Waals surface area contributed by atoms with Gasteiger partial charge in [-0.1, -0.05) is 30.3 Å². The van der Waals surface area contributed by atoms with E-state index in [9.17, 15) is 9.59 Å². The zero-order valence-corrected chi connectivity index (χ0v) is 17.2. The summed E-state index contributed by atoms with van der Waals surface area (Å²) < 4.78 is 10.9. The fraction of sp³-hybridized carbons (Fsp3) is 0.167. The number of carbonyl (C=O) groups excluding carboxylic acids is 2. The number of rotatable bonds is 7. The van der Waals surface area contributed by atoms with Crippen LogP contribution >= 0.6 is 0 Å². The summed E-state index contributed by atoms with van der Waals surface area (Å²) in [5, 5.41) is 2.76. The lowest BCUT2D eigenvalue weighted by atomic mass is 10.1. The van der Waals surface area contributed by atoms with Gasteiger partial charge in [0.2, 0.25) is 0 Å². The standard InChI is InChI=1S/C24H24N2O4/c1-17-12-13-21(22(14-17)29-3)30-16-23(27)25-19-9-7-8-18(15-19)24(28)26(2)20-10-5-4-6-11-20/h4-15H,16H2,1-3H3,(H,25,27). The van der Waals surface area contributed by atoms with Gasteiger partial charge in [-0.2, -0.15) is 0 Å². The molecule has 0 aliphatic carbocycles. The van der Waals surface area contributed by atoms with Gasteiger partial charge in [0.05, 0.1) is 7.11 Å². The van der Waals surface area contributed by atoms with Crippen molar-refractivity contribution < 1.29 is 19.1 Å². The van der Waals surface area contributed by atoms with Crippen molar-refractivity contribution in [1.82, 2.24) is 0 Å². The van der Waals surface area contributed by atoms with Crippen molar-refractivity contribution in [3.63, 3.8) is 0 Å². The molecule has 0 spiro atoms. The first kappa shape index (κ1) is 20.9. The second-order valence-corrected chi connectivity index (χ2v) is 6.77. The molecule has 0 aliphatic heterocycles. The predicted octanol–water partition coefficient (Wildman–Crippen LogP) is 4.30. The maximum Gasteiger partial charge on any atom is 0.262 e. The summed E-state index contributed by atoms with van der Waals surface area (Å²) in [6.07, 6.45) is 0. The molecule has 0 aromatic heterocycles. The maximum absolute atomic E-state index is 12.8. The van der Waals surface area contributed by atoms with Gasteiger partial charge < -0.3 is 19.7 Å². The molecule has 2 amide bonds. The molecule has 154 valence electrons. The molecule has 3 aromatic rings. The van der Waals surface area contributed by atoms with Crippen LogP contribution in [0, 0.1) is 6.92 Å². The number of nitrogens with zero attached hydrogens (tertiary/aromatic N) is 1. The maximum atomic E-state index is 12.8. The third kappa shape index (κ3) is 5.17. The highest BCUT2D eigenvalue weighted by atomic mass is 16.5. The van der Waals surface area contributed by atoms with Crippen LogP contribution in [0.2, 0.25) is 0 Å². The topological polar surface area (TPSA) is 67.9 Å². The fourth-order valence-corrected chi connectivity index (χ4v) is 2.93. The number of amides is 2. The number of anilines is 2. The van der Waals surface area contributed by atoms with E-state index in [0.29, 0.717) is 22.7 Å². The van der Waals surface area contributed by atoms with Gasteiger partial charge in [0.1, 0.15) is 0 Å². The first-order valence-electron chi connectivity index (χ1n) is 9.48. The van der Waals surface area contributed by atoms with Crippen LogP contribution in [0.3, 0.4) is 0 Å². The Morgan fingerprint density at radius 2 is 1.70 bits per heavy atom. The number of hydrogen-bond acceptors (Lipinski definition) is 4. The lowest BCUT2D eigenvalue weighted by Crippen LogP contribution is -2.26. The van der Waals surface area contributed by atoms with Crippen molar-refractivity contribution in [1.29, 1.82) is 0 Å². The number of methoxy groups -OCH3 is 1. The molecule has 1 N–H and O–H groups in total. The van der Waals surface area contributed by atoms with Crippen LogP contribution in [0.25, 0.3) is 0 Å². The minimum Gasteiger partial charge on any atom is -0.493 e. The van der Waals surface area contributed by atoms with Crippen molar-refractivity contribution in [3.05, 3.63) is 83.9 Å². The van der Waals surface area contributed by atoms with Gasteiger partial charge in [-0.05, 0) is 55.0 Å². The summed E-state index contributed by atoms with van der Waals surface area (Å²) >= 11 is 0. The van der Waals surface area contributed by atoms with Crippen LogP contribution < -0.4 is 19.7 Å². The minimum atomic E-state index is -0.335. The minimum absolute atomic E-state index is 0.169. The highest BCUT2D eigenvalue weighted by Crippen LogP contribution is 2.27. The molecule has 0 atom stereocenters. The molecule has 0 radical (unpaired) electrons. The average Bonchev–Trinajstić information content (AvgIpc) is 2.78. The van der Waals surface area contributed by atoms with Gasteiger partial charge in [0.15, 0.2) is 18.1 Å². The third-order valence-electron chi connectivity index (χ3n) is 4.52. The van der Waals surface area contributed by atoms with Gasteiger partial charge in [0.25, 0.3) is 11.8 Å². The van der Waals surface area contributed by atoms with Gasteiger partial charge >= 0.3 is 0 Å². The Morgan fingerprint density at radius 3 is 2.43 bits per heavy atom. The highest BCUT2D eigenvalue weighted by molar-refractivity contribution is 6.06. The Labute approximate surface area is 176 Å². The summed E-state index contributed by atoms with van der Waals surface area (Å²) in [7, 11) is 3.27. The SMILES string of the molecule is COc1cc(C)ccc1OCC(=O)Nc1cccc(C(=O)N(C)c2ccccc2)c1. The van der Waals surface area contributed by atoms with Gasteiger partial charge in [-0.15, -0.1) is 0 Å². The van der Waals surface area contributed by atoms with E-state index in [0.717, 1.165) is 11.3 Å². The van der Waals surface area contributed by atoms with Crippen molar-refractivity contribution >= 4 is 23.2 Å². The van der Waals surface area contributed by atoms with E-state index in [1.54, 1.807) is 49.4 Å². The summed E-state index contributed by atoms with van der Waals surface area (Å²) in [6.45, 7) is 1.77. The molecule has 0 aliphatic rings. The molecule has 0 fully saturated rings. The Balaban J connectivity index is 1.63. The normalized spacial score (nSPS) is 10.2. The monoisotopic (exact) mass is 404 g/mol. The van der Waals surface area contributed by atoms with E-state index in [-0.39, 0.29) is 18.4 Å². The number of para-hydroxylation sites is 1. The van der Waals surface area contributed by atoms with Crippen molar-refractivity contribution in [2.45, 2.75) is 6.92 Å². The van der Waals surface area contributed by atoms with E-state index in [1.165, 1.54) is 0 Å². The quantitative estimate of drug-likeness (QED) is 0.638. The van der Waals surface area contributed by atoms with E-state index in [2.05, 4.69) is 5.32 Å². The molecule has 6 nitrogen and oxygen atoms in total. The molecule has 0 unspecified atom stereocenters.